The van der Waals surface area contributed by atoms with Gasteiger partial charge < -0.3 is 20.3 Å². The van der Waals surface area contributed by atoms with E-state index in [2.05, 4.69) is 24.5 Å². The summed E-state index contributed by atoms with van der Waals surface area (Å²) in [5.41, 5.74) is 0.791. The topological polar surface area (TPSA) is 70.7 Å². The molecule has 1 unspecified atom stereocenters. The van der Waals surface area contributed by atoms with Gasteiger partial charge in [0.15, 0.2) is 0 Å². The minimum Gasteiger partial charge on any atom is -0.497 e. The SMILES string of the molecule is COc1cccc(N2CC(NC(=O)NCCC(C)C)CC2=O)c1. The first-order valence-electron chi connectivity index (χ1n) is 7.98. The van der Waals surface area contributed by atoms with Crippen LogP contribution in [0.15, 0.2) is 24.3 Å². The Morgan fingerprint density at radius 2 is 2.22 bits per heavy atom. The Morgan fingerprint density at radius 3 is 2.91 bits per heavy atom. The number of benzene rings is 1. The van der Waals surface area contributed by atoms with Gasteiger partial charge in [-0.1, -0.05) is 19.9 Å². The molecule has 1 aromatic carbocycles. The van der Waals surface area contributed by atoms with Gasteiger partial charge in [-0.15, -0.1) is 0 Å². The molecule has 6 nitrogen and oxygen atoms in total. The van der Waals surface area contributed by atoms with Crippen molar-refractivity contribution >= 4 is 17.6 Å². The second-order valence-corrected chi connectivity index (χ2v) is 6.19. The Morgan fingerprint density at radius 1 is 1.43 bits per heavy atom. The van der Waals surface area contributed by atoms with Crippen LogP contribution in [-0.4, -0.2) is 38.2 Å². The van der Waals surface area contributed by atoms with Crippen LogP contribution in [0.25, 0.3) is 0 Å². The van der Waals surface area contributed by atoms with Gasteiger partial charge in [-0.3, -0.25) is 4.79 Å². The highest BCUT2D eigenvalue weighted by Gasteiger charge is 2.31. The van der Waals surface area contributed by atoms with E-state index >= 15 is 0 Å². The standard InChI is InChI=1S/C17H25N3O3/c1-12(2)7-8-18-17(22)19-13-9-16(21)20(11-13)14-5-4-6-15(10-14)23-3/h4-6,10,12-13H,7-9,11H2,1-3H3,(H2,18,19,22). The Kier molecular flexibility index (Phi) is 5.84. The summed E-state index contributed by atoms with van der Waals surface area (Å²) in [6, 6.07) is 6.99. The summed E-state index contributed by atoms with van der Waals surface area (Å²) in [6.45, 7) is 5.34. The van der Waals surface area contributed by atoms with Crippen molar-refractivity contribution in [1.29, 1.82) is 0 Å². The predicted octanol–water partition coefficient (Wildman–Crippen LogP) is 2.15. The van der Waals surface area contributed by atoms with Gasteiger partial charge in [0.05, 0.1) is 13.2 Å². The van der Waals surface area contributed by atoms with Crippen LogP contribution in [0.3, 0.4) is 0 Å². The first kappa shape index (κ1) is 17.1. The molecule has 3 amide bonds. The van der Waals surface area contributed by atoms with E-state index in [-0.39, 0.29) is 18.0 Å². The van der Waals surface area contributed by atoms with Gasteiger partial charge in [-0.2, -0.15) is 0 Å². The third kappa shape index (κ3) is 4.87. The molecule has 0 aromatic heterocycles. The molecule has 0 bridgehead atoms. The summed E-state index contributed by atoms with van der Waals surface area (Å²) in [7, 11) is 1.59. The molecule has 1 atom stereocenters. The third-order valence-electron chi connectivity index (χ3n) is 3.83. The van der Waals surface area contributed by atoms with Crippen LogP contribution in [0.5, 0.6) is 5.75 Å². The minimum atomic E-state index is -0.212. The second kappa shape index (κ2) is 7.85. The number of rotatable bonds is 6. The van der Waals surface area contributed by atoms with E-state index in [0.29, 0.717) is 31.2 Å². The fourth-order valence-corrected chi connectivity index (χ4v) is 2.54. The van der Waals surface area contributed by atoms with Crippen molar-refractivity contribution < 1.29 is 14.3 Å². The molecule has 1 fully saturated rings. The van der Waals surface area contributed by atoms with Crippen LogP contribution in [0.1, 0.15) is 26.7 Å². The number of anilines is 1. The quantitative estimate of drug-likeness (QED) is 0.844. The van der Waals surface area contributed by atoms with Crippen LogP contribution in [-0.2, 0) is 4.79 Å². The summed E-state index contributed by atoms with van der Waals surface area (Å²) in [6.07, 6.45) is 1.25. The van der Waals surface area contributed by atoms with Crippen molar-refractivity contribution in [2.45, 2.75) is 32.7 Å². The average molecular weight is 319 g/mol. The average Bonchev–Trinajstić information content (AvgIpc) is 2.87. The highest BCUT2D eigenvalue weighted by Crippen LogP contribution is 2.25. The van der Waals surface area contributed by atoms with Gasteiger partial charge in [0.1, 0.15) is 5.75 Å². The molecule has 23 heavy (non-hydrogen) atoms. The molecular formula is C17H25N3O3. The van der Waals surface area contributed by atoms with E-state index in [0.717, 1.165) is 12.1 Å². The molecule has 1 saturated heterocycles. The van der Waals surface area contributed by atoms with Crippen LogP contribution in [0, 0.1) is 5.92 Å². The lowest BCUT2D eigenvalue weighted by Gasteiger charge is -2.18. The number of carbonyl (C=O) groups excluding carboxylic acids is 2. The van der Waals surface area contributed by atoms with E-state index in [1.807, 2.05) is 24.3 Å². The van der Waals surface area contributed by atoms with E-state index in [9.17, 15) is 9.59 Å². The van der Waals surface area contributed by atoms with Crippen molar-refractivity contribution in [3.8, 4) is 5.75 Å². The maximum atomic E-state index is 12.2. The molecule has 1 aliphatic rings. The zero-order valence-electron chi connectivity index (χ0n) is 14.0. The number of methoxy groups -OCH3 is 1. The zero-order valence-corrected chi connectivity index (χ0v) is 14.0. The molecule has 0 spiro atoms. The fraction of sp³-hybridized carbons (Fsp3) is 0.529. The summed E-state index contributed by atoms with van der Waals surface area (Å²) >= 11 is 0. The summed E-state index contributed by atoms with van der Waals surface area (Å²) in [5, 5.41) is 5.70. The lowest BCUT2D eigenvalue weighted by Crippen LogP contribution is -2.43. The summed E-state index contributed by atoms with van der Waals surface area (Å²) in [5.74, 6) is 1.26. The highest BCUT2D eigenvalue weighted by molar-refractivity contribution is 5.97. The number of nitrogens with zero attached hydrogens (tertiary/aromatic N) is 1. The van der Waals surface area contributed by atoms with Crippen molar-refractivity contribution in [3.63, 3.8) is 0 Å². The first-order valence-corrected chi connectivity index (χ1v) is 7.98. The van der Waals surface area contributed by atoms with Crippen molar-refractivity contribution in [2.24, 2.45) is 5.92 Å². The van der Waals surface area contributed by atoms with E-state index < -0.39 is 0 Å². The first-order chi connectivity index (χ1) is 11.0. The van der Waals surface area contributed by atoms with Gasteiger partial charge in [0, 0.05) is 31.3 Å². The monoisotopic (exact) mass is 319 g/mol. The molecule has 2 N–H and O–H groups in total. The summed E-state index contributed by atoms with van der Waals surface area (Å²) < 4.78 is 5.19. The van der Waals surface area contributed by atoms with Crippen LogP contribution in [0.2, 0.25) is 0 Å². The number of ether oxygens (including phenoxy) is 1. The number of nitrogens with one attached hydrogen (secondary N) is 2. The van der Waals surface area contributed by atoms with Crippen LogP contribution < -0.4 is 20.3 Å². The fourth-order valence-electron chi connectivity index (χ4n) is 2.54. The van der Waals surface area contributed by atoms with Gasteiger partial charge >= 0.3 is 6.03 Å². The minimum absolute atomic E-state index is 0.00531. The van der Waals surface area contributed by atoms with Gasteiger partial charge in [0.2, 0.25) is 5.91 Å². The molecule has 0 saturated carbocycles. The van der Waals surface area contributed by atoms with E-state index in [1.165, 1.54) is 0 Å². The van der Waals surface area contributed by atoms with E-state index in [1.54, 1.807) is 12.0 Å². The van der Waals surface area contributed by atoms with Crippen molar-refractivity contribution in [2.75, 3.05) is 25.1 Å². The van der Waals surface area contributed by atoms with Gasteiger partial charge in [-0.05, 0) is 24.5 Å². The zero-order chi connectivity index (χ0) is 16.8. The van der Waals surface area contributed by atoms with Crippen LogP contribution >= 0.6 is 0 Å². The number of carbonyl (C=O) groups is 2. The Hall–Kier alpha value is -2.24. The molecule has 0 aliphatic carbocycles. The second-order valence-electron chi connectivity index (χ2n) is 6.19. The molecule has 0 radical (unpaired) electrons. The number of hydrogen-bond donors (Lipinski definition) is 2. The molecule has 1 aromatic rings. The molecular weight excluding hydrogens is 294 g/mol. The highest BCUT2D eigenvalue weighted by atomic mass is 16.5. The lowest BCUT2D eigenvalue weighted by atomic mass is 10.1. The number of urea groups is 1. The van der Waals surface area contributed by atoms with Crippen molar-refractivity contribution in [1.82, 2.24) is 10.6 Å². The summed E-state index contributed by atoms with van der Waals surface area (Å²) in [4.78, 5) is 25.7. The maximum Gasteiger partial charge on any atom is 0.315 e. The van der Waals surface area contributed by atoms with Crippen molar-refractivity contribution in [3.05, 3.63) is 24.3 Å². The molecule has 6 heteroatoms. The Labute approximate surface area is 137 Å². The van der Waals surface area contributed by atoms with E-state index in [4.69, 9.17) is 4.74 Å². The Balaban J connectivity index is 1.88. The normalized spacial score (nSPS) is 17.5. The smallest absolute Gasteiger partial charge is 0.315 e. The molecule has 2 rings (SSSR count). The number of hydrogen-bond acceptors (Lipinski definition) is 3. The van der Waals surface area contributed by atoms with Crippen LogP contribution in [0.4, 0.5) is 10.5 Å². The molecule has 1 heterocycles. The molecule has 1 aliphatic heterocycles. The largest absolute Gasteiger partial charge is 0.497 e. The van der Waals surface area contributed by atoms with Gasteiger partial charge in [0.25, 0.3) is 0 Å². The third-order valence-corrected chi connectivity index (χ3v) is 3.83. The predicted molar refractivity (Wildman–Crippen MR) is 89.7 cm³/mol. The Bertz CT molecular complexity index is 560. The van der Waals surface area contributed by atoms with Gasteiger partial charge in [-0.25, -0.2) is 4.79 Å². The number of amides is 3. The maximum absolute atomic E-state index is 12.2. The molecule has 126 valence electrons. The lowest BCUT2D eigenvalue weighted by molar-refractivity contribution is -0.117.